The Morgan fingerprint density at radius 1 is 1.43 bits per heavy atom. The molecule has 0 amide bonds. The largest absolute Gasteiger partial charge is 0.468 e. The molecule has 2 fully saturated rings. The first-order valence-corrected chi connectivity index (χ1v) is 8.31. The minimum Gasteiger partial charge on any atom is -0.468 e. The monoisotopic (exact) mass is 298 g/mol. The molecule has 1 aliphatic heterocycles. The summed E-state index contributed by atoms with van der Waals surface area (Å²) in [4.78, 5) is 14.4. The van der Waals surface area contributed by atoms with Crippen LogP contribution in [0.2, 0.25) is 0 Å². The van der Waals surface area contributed by atoms with Crippen molar-refractivity contribution in [2.75, 3.05) is 33.4 Å². The van der Waals surface area contributed by atoms with Crippen molar-refractivity contribution >= 4 is 5.97 Å². The minimum atomic E-state index is -0.766. The van der Waals surface area contributed by atoms with Crippen LogP contribution in [-0.2, 0) is 14.3 Å². The summed E-state index contributed by atoms with van der Waals surface area (Å²) in [5.74, 6) is -0.00401. The smallest absolute Gasteiger partial charge is 0.326 e. The fraction of sp³-hybridized carbons (Fsp3) is 0.938. The van der Waals surface area contributed by atoms with Gasteiger partial charge in [-0.25, -0.2) is 0 Å². The van der Waals surface area contributed by atoms with Gasteiger partial charge in [-0.1, -0.05) is 13.3 Å². The zero-order chi connectivity index (χ0) is 15.3. The van der Waals surface area contributed by atoms with E-state index in [1.54, 1.807) is 0 Å². The molecule has 5 nitrogen and oxygen atoms in total. The average Bonchev–Trinajstić information content (AvgIpc) is 3.13. The van der Waals surface area contributed by atoms with Crippen LogP contribution < -0.4 is 5.73 Å². The standard InChI is InChI=1S/C16H30N2O3/c1-3-18(12-14-7-5-11-21-14)10-8-13-6-4-9-16(13,17)15(19)20-2/h13-14H,3-12,17H2,1-2H3. The Morgan fingerprint density at radius 2 is 2.24 bits per heavy atom. The third-order valence-electron chi connectivity index (χ3n) is 5.16. The molecule has 1 saturated carbocycles. The number of nitrogens with zero attached hydrogens (tertiary/aromatic N) is 1. The van der Waals surface area contributed by atoms with Gasteiger partial charge in [-0.15, -0.1) is 0 Å². The highest BCUT2D eigenvalue weighted by atomic mass is 16.5. The number of hydrogen-bond donors (Lipinski definition) is 1. The first-order valence-electron chi connectivity index (χ1n) is 8.31. The lowest BCUT2D eigenvalue weighted by atomic mass is 9.85. The Bertz CT molecular complexity index is 344. The Kier molecular flexibility index (Phi) is 6.02. The molecule has 0 aromatic carbocycles. The summed E-state index contributed by atoms with van der Waals surface area (Å²) in [6.07, 6.45) is 6.50. The van der Waals surface area contributed by atoms with Crippen molar-refractivity contribution in [1.82, 2.24) is 4.90 Å². The summed E-state index contributed by atoms with van der Waals surface area (Å²) in [5.41, 5.74) is 5.57. The van der Waals surface area contributed by atoms with Crippen LogP contribution in [-0.4, -0.2) is 55.9 Å². The molecule has 1 saturated heterocycles. The Hall–Kier alpha value is -0.650. The summed E-state index contributed by atoms with van der Waals surface area (Å²) in [7, 11) is 1.43. The van der Waals surface area contributed by atoms with Crippen molar-refractivity contribution in [1.29, 1.82) is 0 Å². The number of carbonyl (C=O) groups is 1. The van der Waals surface area contributed by atoms with E-state index in [4.69, 9.17) is 15.2 Å². The lowest BCUT2D eigenvalue weighted by Crippen LogP contribution is -2.52. The molecule has 2 rings (SSSR count). The molecule has 5 heteroatoms. The highest BCUT2D eigenvalue weighted by Gasteiger charge is 2.46. The predicted octanol–water partition coefficient (Wildman–Crippen LogP) is 1.55. The molecule has 122 valence electrons. The first kappa shape index (κ1) is 16.7. The van der Waals surface area contributed by atoms with Crippen LogP contribution >= 0.6 is 0 Å². The quantitative estimate of drug-likeness (QED) is 0.722. The zero-order valence-electron chi connectivity index (χ0n) is 13.5. The average molecular weight is 298 g/mol. The van der Waals surface area contributed by atoms with Gasteiger partial charge in [0, 0.05) is 13.2 Å². The molecule has 0 spiro atoms. The van der Waals surface area contributed by atoms with Crippen molar-refractivity contribution in [3.8, 4) is 0 Å². The number of nitrogens with two attached hydrogens (primary N) is 1. The number of ether oxygens (including phenoxy) is 2. The van der Waals surface area contributed by atoms with Gasteiger partial charge in [0.2, 0.25) is 0 Å². The van der Waals surface area contributed by atoms with Gasteiger partial charge < -0.3 is 20.1 Å². The van der Waals surface area contributed by atoms with E-state index in [1.165, 1.54) is 20.0 Å². The van der Waals surface area contributed by atoms with Gasteiger partial charge in [0.15, 0.2) is 0 Å². The van der Waals surface area contributed by atoms with E-state index in [0.717, 1.165) is 51.9 Å². The Labute approximate surface area is 128 Å². The Morgan fingerprint density at radius 3 is 2.86 bits per heavy atom. The van der Waals surface area contributed by atoms with E-state index < -0.39 is 5.54 Å². The molecule has 3 unspecified atom stereocenters. The summed E-state index contributed by atoms with van der Waals surface area (Å²) in [5, 5.41) is 0. The number of methoxy groups -OCH3 is 1. The molecule has 2 aliphatic rings. The van der Waals surface area contributed by atoms with Crippen LogP contribution in [0.25, 0.3) is 0 Å². The second-order valence-corrected chi connectivity index (χ2v) is 6.44. The summed E-state index contributed by atoms with van der Waals surface area (Å²) in [6.45, 7) is 6.08. The van der Waals surface area contributed by atoms with Gasteiger partial charge in [-0.3, -0.25) is 4.79 Å². The zero-order valence-corrected chi connectivity index (χ0v) is 13.5. The highest BCUT2D eigenvalue weighted by molar-refractivity contribution is 5.81. The van der Waals surface area contributed by atoms with Crippen LogP contribution in [0.4, 0.5) is 0 Å². The van der Waals surface area contributed by atoms with Gasteiger partial charge in [0.1, 0.15) is 5.54 Å². The molecule has 0 aromatic heterocycles. The maximum Gasteiger partial charge on any atom is 0.326 e. The lowest BCUT2D eigenvalue weighted by Gasteiger charge is -2.31. The summed E-state index contributed by atoms with van der Waals surface area (Å²) >= 11 is 0. The van der Waals surface area contributed by atoms with Crippen LogP contribution in [0.3, 0.4) is 0 Å². The lowest BCUT2D eigenvalue weighted by molar-refractivity contribution is -0.148. The number of likely N-dealkylation sites (N-methyl/N-ethyl adjacent to an activating group) is 1. The van der Waals surface area contributed by atoms with E-state index in [-0.39, 0.29) is 11.9 Å². The molecule has 1 heterocycles. The van der Waals surface area contributed by atoms with Crippen molar-refractivity contribution < 1.29 is 14.3 Å². The maximum absolute atomic E-state index is 12.0. The summed E-state index contributed by atoms with van der Waals surface area (Å²) < 4.78 is 10.6. The highest BCUT2D eigenvalue weighted by Crippen LogP contribution is 2.37. The van der Waals surface area contributed by atoms with Crippen LogP contribution in [0, 0.1) is 5.92 Å². The number of rotatable bonds is 7. The topological polar surface area (TPSA) is 64.8 Å². The fourth-order valence-corrected chi connectivity index (χ4v) is 3.76. The summed E-state index contributed by atoms with van der Waals surface area (Å²) in [6, 6.07) is 0. The number of carbonyl (C=O) groups excluding carboxylic acids is 1. The molecule has 2 N–H and O–H groups in total. The number of esters is 1. The van der Waals surface area contributed by atoms with Gasteiger partial charge >= 0.3 is 5.97 Å². The van der Waals surface area contributed by atoms with Crippen molar-refractivity contribution in [3.05, 3.63) is 0 Å². The molecular formula is C16H30N2O3. The third kappa shape index (κ3) is 3.96. The second kappa shape index (κ2) is 7.56. The van der Waals surface area contributed by atoms with Gasteiger partial charge in [0.05, 0.1) is 13.2 Å². The number of hydrogen-bond acceptors (Lipinski definition) is 5. The van der Waals surface area contributed by atoms with E-state index in [1.807, 2.05) is 0 Å². The molecule has 0 bridgehead atoms. The van der Waals surface area contributed by atoms with Crippen molar-refractivity contribution in [2.45, 2.75) is 57.1 Å². The normalized spacial score (nSPS) is 32.8. The molecule has 3 atom stereocenters. The van der Waals surface area contributed by atoms with E-state index in [9.17, 15) is 4.79 Å². The van der Waals surface area contributed by atoms with Gasteiger partial charge in [-0.05, 0) is 51.1 Å². The SMILES string of the molecule is CCN(CCC1CCCC1(N)C(=O)OC)CC1CCCO1. The fourth-order valence-electron chi connectivity index (χ4n) is 3.76. The van der Waals surface area contributed by atoms with Crippen molar-refractivity contribution in [3.63, 3.8) is 0 Å². The van der Waals surface area contributed by atoms with E-state index in [0.29, 0.717) is 6.10 Å². The predicted molar refractivity (Wildman–Crippen MR) is 82.0 cm³/mol. The second-order valence-electron chi connectivity index (χ2n) is 6.44. The minimum absolute atomic E-state index is 0.239. The molecule has 0 aromatic rings. The van der Waals surface area contributed by atoms with Crippen LogP contribution in [0.15, 0.2) is 0 Å². The maximum atomic E-state index is 12.0. The molecule has 1 aliphatic carbocycles. The first-order chi connectivity index (χ1) is 10.1. The Balaban J connectivity index is 1.83. The van der Waals surface area contributed by atoms with Crippen LogP contribution in [0.1, 0.15) is 45.4 Å². The third-order valence-corrected chi connectivity index (χ3v) is 5.16. The molecule has 0 radical (unpaired) electrons. The van der Waals surface area contributed by atoms with Crippen LogP contribution in [0.5, 0.6) is 0 Å². The molecular weight excluding hydrogens is 268 g/mol. The van der Waals surface area contributed by atoms with Gasteiger partial charge in [-0.2, -0.15) is 0 Å². The van der Waals surface area contributed by atoms with E-state index >= 15 is 0 Å². The van der Waals surface area contributed by atoms with Gasteiger partial charge in [0.25, 0.3) is 0 Å². The van der Waals surface area contributed by atoms with E-state index in [2.05, 4.69) is 11.8 Å². The van der Waals surface area contributed by atoms with Crippen molar-refractivity contribution in [2.24, 2.45) is 11.7 Å². The molecule has 21 heavy (non-hydrogen) atoms.